The van der Waals surface area contributed by atoms with Gasteiger partial charge in [-0.3, -0.25) is 4.79 Å². The van der Waals surface area contributed by atoms with Crippen molar-refractivity contribution in [3.8, 4) is 0 Å². The lowest BCUT2D eigenvalue weighted by Crippen LogP contribution is -2.60. The van der Waals surface area contributed by atoms with Gasteiger partial charge < -0.3 is 45.4 Å². The fraction of sp³-hybridized carbons (Fsp3) is 0.827. The average Bonchev–Trinajstić information content (AvgIpc) is 3.27. The Labute approximate surface area is 378 Å². The molecule has 1 saturated heterocycles. The Balaban J connectivity index is 2.26. The van der Waals surface area contributed by atoms with Gasteiger partial charge in [-0.1, -0.05) is 197 Å². The highest BCUT2D eigenvalue weighted by atomic mass is 16.7. The molecule has 1 aliphatic heterocycles. The van der Waals surface area contributed by atoms with Crippen LogP contribution in [0.2, 0.25) is 0 Å². The Morgan fingerprint density at radius 3 is 1.47 bits per heavy atom. The summed E-state index contributed by atoms with van der Waals surface area (Å²) in [5.41, 5.74) is 0. The van der Waals surface area contributed by atoms with E-state index in [0.29, 0.717) is 19.3 Å². The van der Waals surface area contributed by atoms with Crippen molar-refractivity contribution in [1.29, 1.82) is 0 Å². The SMILES string of the molecule is CCC/C=C/CC/C=C/CC/C=C/C(O)C(COC1OC(CO)C(O)C(O)C1O)NC(=O)C(O)CCCCCCCCCCCC/C=C\CCCCCCCCCCCCCC. The van der Waals surface area contributed by atoms with Crippen molar-refractivity contribution < 1.29 is 44.9 Å². The van der Waals surface area contributed by atoms with Gasteiger partial charge in [0.05, 0.1) is 25.4 Å². The number of rotatable bonds is 42. The van der Waals surface area contributed by atoms with Crippen LogP contribution in [-0.2, 0) is 14.3 Å². The van der Waals surface area contributed by atoms with Crippen LogP contribution in [0.3, 0.4) is 0 Å². The van der Waals surface area contributed by atoms with Crippen LogP contribution in [0.5, 0.6) is 0 Å². The highest BCUT2D eigenvalue weighted by Gasteiger charge is 2.44. The Morgan fingerprint density at radius 1 is 0.548 bits per heavy atom. The van der Waals surface area contributed by atoms with Gasteiger partial charge in [0.2, 0.25) is 5.91 Å². The van der Waals surface area contributed by atoms with E-state index < -0.39 is 61.5 Å². The second kappa shape index (κ2) is 41.8. The first-order valence-electron chi connectivity index (χ1n) is 25.5. The van der Waals surface area contributed by atoms with Crippen LogP contribution in [0.1, 0.15) is 213 Å². The maximum absolute atomic E-state index is 13.0. The van der Waals surface area contributed by atoms with E-state index >= 15 is 0 Å². The fourth-order valence-corrected chi connectivity index (χ4v) is 7.78. The van der Waals surface area contributed by atoms with Gasteiger partial charge in [0.25, 0.3) is 0 Å². The number of aliphatic hydroxyl groups is 6. The molecule has 10 heteroatoms. The summed E-state index contributed by atoms with van der Waals surface area (Å²) < 4.78 is 11.1. The maximum Gasteiger partial charge on any atom is 0.249 e. The molecule has 10 nitrogen and oxygen atoms in total. The smallest absolute Gasteiger partial charge is 0.249 e. The third-order valence-corrected chi connectivity index (χ3v) is 11.9. The van der Waals surface area contributed by atoms with E-state index in [4.69, 9.17) is 9.47 Å². The van der Waals surface area contributed by atoms with Crippen LogP contribution in [0.15, 0.2) is 48.6 Å². The number of aliphatic hydroxyl groups excluding tert-OH is 6. The summed E-state index contributed by atoms with van der Waals surface area (Å²) in [6.45, 7) is 3.51. The topological polar surface area (TPSA) is 169 Å². The van der Waals surface area contributed by atoms with E-state index in [1.54, 1.807) is 6.08 Å². The lowest BCUT2D eigenvalue weighted by atomic mass is 9.99. The fourth-order valence-electron chi connectivity index (χ4n) is 7.78. The number of carbonyl (C=O) groups is 1. The summed E-state index contributed by atoms with van der Waals surface area (Å²) in [4.78, 5) is 13.0. The zero-order valence-corrected chi connectivity index (χ0v) is 39.5. The van der Waals surface area contributed by atoms with Gasteiger partial charge in [-0.25, -0.2) is 0 Å². The molecule has 0 saturated carbocycles. The average molecular weight is 878 g/mol. The van der Waals surface area contributed by atoms with E-state index in [2.05, 4.69) is 55.6 Å². The molecular weight excluding hydrogens is 783 g/mol. The molecule has 0 aromatic heterocycles. The number of unbranched alkanes of at least 4 members (excludes halogenated alkanes) is 25. The molecule has 0 spiro atoms. The van der Waals surface area contributed by atoms with Crippen molar-refractivity contribution in [2.24, 2.45) is 0 Å². The molecular formula is C52H95NO9. The number of nitrogens with one attached hydrogen (secondary N) is 1. The first kappa shape index (κ1) is 58.1. The van der Waals surface area contributed by atoms with Crippen molar-refractivity contribution in [3.63, 3.8) is 0 Å². The molecule has 1 rings (SSSR count). The van der Waals surface area contributed by atoms with E-state index in [1.807, 2.05) is 6.08 Å². The van der Waals surface area contributed by atoms with E-state index in [0.717, 1.165) is 51.4 Å². The first-order valence-corrected chi connectivity index (χ1v) is 25.5. The lowest BCUT2D eigenvalue weighted by Gasteiger charge is -2.40. The van der Waals surface area contributed by atoms with Crippen molar-refractivity contribution in [2.45, 2.75) is 262 Å². The van der Waals surface area contributed by atoms with Gasteiger partial charge in [-0.05, 0) is 64.2 Å². The molecule has 8 atom stereocenters. The number of ether oxygens (including phenoxy) is 2. The quantitative estimate of drug-likeness (QED) is 0.0233. The van der Waals surface area contributed by atoms with Gasteiger partial charge >= 0.3 is 0 Å². The van der Waals surface area contributed by atoms with Crippen LogP contribution in [0.4, 0.5) is 0 Å². The van der Waals surface area contributed by atoms with Crippen LogP contribution in [0, 0.1) is 0 Å². The van der Waals surface area contributed by atoms with Crippen molar-refractivity contribution in [2.75, 3.05) is 13.2 Å². The summed E-state index contributed by atoms with van der Waals surface area (Å²) in [5, 5.41) is 64.6. The molecule has 8 unspecified atom stereocenters. The lowest BCUT2D eigenvalue weighted by molar-refractivity contribution is -0.302. The van der Waals surface area contributed by atoms with Crippen LogP contribution in [0.25, 0.3) is 0 Å². The van der Waals surface area contributed by atoms with E-state index in [-0.39, 0.29) is 6.61 Å². The third kappa shape index (κ3) is 31.1. The Morgan fingerprint density at radius 2 is 0.984 bits per heavy atom. The predicted octanol–water partition coefficient (Wildman–Crippen LogP) is 10.4. The molecule has 0 aromatic carbocycles. The summed E-state index contributed by atoms with van der Waals surface area (Å²) in [5.74, 6) is -0.633. The molecule has 1 fully saturated rings. The largest absolute Gasteiger partial charge is 0.394 e. The zero-order chi connectivity index (χ0) is 45.3. The van der Waals surface area contributed by atoms with Gasteiger partial charge in [0.1, 0.15) is 30.5 Å². The first-order chi connectivity index (χ1) is 30.3. The van der Waals surface area contributed by atoms with Crippen molar-refractivity contribution >= 4 is 5.91 Å². The van der Waals surface area contributed by atoms with E-state index in [9.17, 15) is 35.4 Å². The Bertz CT molecular complexity index is 1130. The number of hydrogen-bond donors (Lipinski definition) is 7. The number of hydrogen-bond acceptors (Lipinski definition) is 9. The Kier molecular flexibility index (Phi) is 39.2. The summed E-state index contributed by atoms with van der Waals surface area (Å²) >= 11 is 0. The summed E-state index contributed by atoms with van der Waals surface area (Å²) in [7, 11) is 0. The number of allylic oxidation sites excluding steroid dienone is 7. The predicted molar refractivity (Wildman–Crippen MR) is 255 cm³/mol. The van der Waals surface area contributed by atoms with E-state index in [1.165, 1.54) is 128 Å². The molecule has 1 heterocycles. The number of carbonyl (C=O) groups excluding carboxylic acids is 1. The van der Waals surface area contributed by atoms with Gasteiger partial charge in [0.15, 0.2) is 6.29 Å². The highest BCUT2D eigenvalue weighted by molar-refractivity contribution is 5.80. The molecule has 7 N–H and O–H groups in total. The maximum atomic E-state index is 13.0. The minimum atomic E-state index is -1.62. The van der Waals surface area contributed by atoms with Gasteiger partial charge in [0, 0.05) is 0 Å². The van der Waals surface area contributed by atoms with Crippen LogP contribution < -0.4 is 5.32 Å². The summed E-state index contributed by atoms with van der Waals surface area (Å²) in [6.07, 6.45) is 43.7. The molecule has 0 bridgehead atoms. The molecule has 62 heavy (non-hydrogen) atoms. The van der Waals surface area contributed by atoms with Crippen LogP contribution in [-0.4, -0.2) is 98.7 Å². The number of amides is 1. The summed E-state index contributed by atoms with van der Waals surface area (Å²) in [6, 6.07) is -1.00. The minimum Gasteiger partial charge on any atom is -0.394 e. The monoisotopic (exact) mass is 878 g/mol. The van der Waals surface area contributed by atoms with Crippen molar-refractivity contribution in [3.05, 3.63) is 48.6 Å². The molecule has 1 aliphatic rings. The minimum absolute atomic E-state index is 0.298. The second-order valence-electron chi connectivity index (χ2n) is 17.7. The second-order valence-corrected chi connectivity index (χ2v) is 17.7. The normalized spacial score (nSPS) is 21.2. The van der Waals surface area contributed by atoms with Crippen molar-refractivity contribution in [1.82, 2.24) is 5.32 Å². The standard InChI is InChI=1S/C52H95NO9/c1-3-5-7-9-11-13-15-16-17-18-19-20-21-22-23-24-25-26-27-28-29-31-33-35-37-39-41-46(56)51(60)53-44(43-61-52-50(59)49(58)48(57)47(42-54)62-52)45(55)40-38-36-34-32-30-14-12-10-8-6-4-2/h8,10,22-23,30,32,38,40,44-50,52,54-59H,3-7,9,11-21,24-29,31,33-37,39,41-43H2,1-2H3,(H,53,60)/b10-8+,23-22-,32-30+,40-38+. The van der Waals surface area contributed by atoms with Gasteiger partial charge in [-0.2, -0.15) is 0 Å². The van der Waals surface area contributed by atoms with Gasteiger partial charge in [-0.15, -0.1) is 0 Å². The zero-order valence-electron chi connectivity index (χ0n) is 39.5. The molecule has 1 amide bonds. The molecule has 0 aliphatic carbocycles. The Hall–Kier alpha value is -1.89. The third-order valence-electron chi connectivity index (χ3n) is 11.9. The molecule has 0 aromatic rings. The highest BCUT2D eigenvalue weighted by Crippen LogP contribution is 2.23. The van der Waals surface area contributed by atoms with Crippen LogP contribution >= 0.6 is 0 Å². The molecule has 362 valence electrons. The molecule has 0 radical (unpaired) electrons.